The van der Waals surface area contributed by atoms with Crippen LogP contribution in [-0.2, 0) is 14.4 Å². The maximum Gasteiger partial charge on any atom is 0.327 e. The highest BCUT2D eigenvalue weighted by Crippen LogP contribution is 2.02. The highest BCUT2D eigenvalue weighted by atomic mass is 32.2. The molecular formula is C10H15N3O5S. The summed E-state index contributed by atoms with van der Waals surface area (Å²) >= 11 is 0.989. The largest absolute Gasteiger partial charge is 0.480 e. The Balaban J connectivity index is 3.89. The second-order valence-electron chi connectivity index (χ2n) is 3.24. The molecule has 8 nitrogen and oxygen atoms in total. The molecule has 0 saturated carbocycles. The van der Waals surface area contributed by atoms with Crippen LogP contribution in [0.2, 0.25) is 0 Å². The lowest BCUT2D eigenvalue weighted by Crippen LogP contribution is -2.41. The van der Waals surface area contributed by atoms with Gasteiger partial charge in [-0.25, -0.2) is 9.59 Å². The van der Waals surface area contributed by atoms with Crippen molar-refractivity contribution in [3.8, 4) is 0 Å². The summed E-state index contributed by atoms with van der Waals surface area (Å²) in [4.78, 5) is 43.1. The van der Waals surface area contributed by atoms with Crippen LogP contribution in [0.1, 0.15) is 0 Å². The Morgan fingerprint density at radius 3 is 2.58 bits per heavy atom. The minimum Gasteiger partial charge on any atom is -0.480 e. The van der Waals surface area contributed by atoms with Crippen LogP contribution in [-0.4, -0.2) is 53.5 Å². The number of rotatable bonds is 9. The molecule has 0 aromatic heterocycles. The van der Waals surface area contributed by atoms with E-state index in [1.54, 1.807) is 0 Å². The molecule has 0 aromatic carbocycles. The number of urea groups is 1. The first kappa shape index (κ1) is 17.0. The smallest absolute Gasteiger partial charge is 0.327 e. The highest BCUT2D eigenvalue weighted by molar-refractivity contribution is 8.00. The number of nitrogens with one attached hydrogen (secondary N) is 3. The summed E-state index contributed by atoms with van der Waals surface area (Å²) < 4.78 is 0. The van der Waals surface area contributed by atoms with Crippen LogP contribution in [0, 0.1) is 0 Å². The quantitative estimate of drug-likeness (QED) is 0.316. The van der Waals surface area contributed by atoms with Crippen molar-refractivity contribution >= 4 is 36.1 Å². The molecule has 1 atom stereocenters. The Morgan fingerprint density at radius 1 is 1.37 bits per heavy atom. The number of carboxylic acid groups (broad SMARTS) is 1. The molecule has 0 bridgehead atoms. The van der Waals surface area contributed by atoms with Gasteiger partial charge < -0.3 is 15.7 Å². The average molecular weight is 289 g/mol. The van der Waals surface area contributed by atoms with Crippen molar-refractivity contribution in [1.29, 1.82) is 0 Å². The predicted octanol–water partition coefficient (Wildman–Crippen LogP) is -1.07. The number of carbonyl (C=O) groups excluding carboxylic acids is 3. The molecule has 106 valence electrons. The second kappa shape index (κ2) is 9.95. The number of carbonyl (C=O) groups is 4. The average Bonchev–Trinajstić information content (AvgIpc) is 2.35. The van der Waals surface area contributed by atoms with Gasteiger partial charge in [0, 0.05) is 12.3 Å². The van der Waals surface area contributed by atoms with Gasteiger partial charge in [0.05, 0.1) is 5.75 Å². The zero-order valence-electron chi connectivity index (χ0n) is 10.0. The van der Waals surface area contributed by atoms with Crippen LogP contribution < -0.4 is 16.0 Å². The summed E-state index contributed by atoms with van der Waals surface area (Å²) in [7, 11) is 0. The lowest BCUT2D eigenvalue weighted by atomic mass is 10.3. The number of imide groups is 1. The van der Waals surface area contributed by atoms with Crippen LogP contribution in [0.4, 0.5) is 4.79 Å². The number of aliphatic carboxylic acids is 1. The molecule has 4 amide bonds. The van der Waals surface area contributed by atoms with Crippen LogP contribution in [0.3, 0.4) is 0 Å². The van der Waals surface area contributed by atoms with E-state index in [1.807, 2.05) is 0 Å². The topological polar surface area (TPSA) is 125 Å². The van der Waals surface area contributed by atoms with Gasteiger partial charge in [-0.05, 0) is 0 Å². The van der Waals surface area contributed by atoms with Gasteiger partial charge in [0.1, 0.15) is 6.04 Å². The van der Waals surface area contributed by atoms with Crippen molar-refractivity contribution in [1.82, 2.24) is 16.0 Å². The van der Waals surface area contributed by atoms with Gasteiger partial charge in [-0.15, -0.1) is 18.3 Å². The Labute approximate surface area is 114 Å². The lowest BCUT2D eigenvalue weighted by Gasteiger charge is -2.10. The molecule has 4 N–H and O–H groups in total. The molecule has 0 radical (unpaired) electrons. The van der Waals surface area contributed by atoms with E-state index < -0.39 is 23.9 Å². The van der Waals surface area contributed by atoms with Crippen LogP contribution >= 0.6 is 11.8 Å². The number of hydrogen-bond acceptors (Lipinski definition) is 5. The summed E-state index contributed by atoms with van der Waals surface area (Å²) in [6.07, 6.45) is 1.74. The molecule has 0 rings (SSSR count). The van der Waals surface area contributed by atoms with Crippen molar-refractivity contribution < 1.29 is 24.3 Å². The van der Waals surface area contributed by atoms with Crippen molar-refractivity contribution in [3.63, 3.8) is 0 Å². The maximum atomic E-state index is 11.3. The van der Waals surface area contributed by atoms with Gasteiger partial charge in [-0.1, -0.05) is 6.08 Å². The first-order chi connectivity index (χ1) is 9.01. The van der Waals surface area contributed by atoms with Gasteiger partial charge in [-0.2, -0.15) is 0 Å². The van der Waals surface area contributed by atoms with E-state index in [1.165, 1.54) is 6.08 Å². The van der Waals surface area contributed by atoms with E-state index in [0.717, 1.165) is 11.8 Å². The molecule has 0 aliphatic carbocycles. The fourth-order valence-electron chi connectivity index (χ4n) is 0.914. The number of hydrogen-bond donors (Lipinski definition) is 4. The van der Waals surface area contributed by atoms with E-state index in [4.69, 9.17) is 5.11 Å². The van der Waals surface area contributed by atoms with E-state index in [2.05, 4.69) is 22.5 Å². The summed E-state index contributed by atoms with van der Waals surface area (Å²) in [6, 6.07) is -1.71. The van der Waals surface area contributed by atoms with E-state index >= 15 is 0 Å². The van der Waals surface area contributed by atoms with E-state index in [0.29, 0.717) is 0 Å². The standard InChI is InChI=1S/C10H15N3O5S/c1-2-3-11-10(18)13-8(15)5-19-4-7(9(16)17)12-6-14/h2,6-7H,1,3-5H2,(H,12,14)(H,16,17)(H2,11,13,15,18). The Kier molecular flexibility index (Phi) is 8.88. The second-order valence-corrected chi connectivity index (χ2v) is 4.27. The van der Waals surface area contributed by atoms with E-state index in [9.17, 15) is 19.2 Å². The first-order valence-corrected chi connectivity index (χ1v) is 6.35. The summed E-state index contributed by atoms with van der Waals surface area (Å²) in [5.74, 6) is -1.81. The van der Waals surface area contributed by atoms with Gasteiger partial charge >= 0.3 is 12.0 Å². The molecule has 0 heterocycles. The Morgan fingerprint density at radius 2 is 2.05 bits per heavy atom. The molecule has 19 heavy (non-hydrogen) atoms. The maximum absolute atomic E-state index is 11.3. The van der Waals surface area contributed by atoms with E-state index in [-0.39, 0.29) is 24.5 Å². The summed E-state index contributed by atoms with van der Waals surface area (Å²) in [5, 5.41) is 15.2. The zero-order valence-corrected chi connectivity index (χ0v) is 10.9. The molecule has 1 unspecified atom stereocenters. The molecule has 0 saturated heterocycles. The number of thioether (sulfide) groups is 1. The van der Waals surface area contributed by atoms with Crippen LogP contribution in [0.5, 0.6) is 0 Å². The van der Waals surface area contributed by atoms with Gasteiger partial charge in [0.25, 0.3) is 0 Å². The van der Waals surface area contributed by atoms with Gasteiger partial charge in [0.15, 0.2) is 0 Å². The molecule has 9 heteroatoms. The SMILES string of the molecule is C=CCNC(=O)NC(=O)CSCC(NC=O)C(=O)O. The molecule has 0 spiro atoms. The van der Waals surface area contributed by atoms with Crippen LogP contribution in [0.25, 0.3) is 0 Å². The van der Waals surface area contributed by atoms with Crippen molar-refractivity contribution in [3.05, 3.63) is 12.7 Å². The third kappa shape index (κ3) is 8.66. The third-order valence-electron chi connectivity index (χ3n) is 1.74. The van der Waals surface area contributed by atoms with Gasteiger partial charge in [-0.3, -0.25) is 14.9 Å². The molecule has 0 aliphatic heterocycles. The zero-order chi connectivity index (χ0) is 14.7. The third-order valence-corrected chi connectivity index (χ3v) is 2.78. The Bertz CT molecular complexity index is 361. The molecule has 0 aromatic rings. The number of amides is 4. The fourth-order valence-corrected chi connectivity index (χ4v) is 1.76. The van der Waals surface area contributed by atoms with Crippen LogP contribution in [0.15, 0.2) is 12.7 Å². The normalized spacial score (nSPS) is 10.9. The predicted molar refractivity (Wildman–Crippen MR) is 69.7 cm³/mol. The van der Waals surface area contributed by atoms with Crippen molar-refractivity contribution in [2.45, 2.75) is 6.04 Å². The minimum absolute atomic E-state index is 0.0236. The monoisotopic (exact) mass is 289 g/mol. The summed E-state index contributed by atoms with van der Waals surface area (Å²) in [5.41, 5.74) is 0. The Hall–Kier alpha value is -2.03. The minimum atomic E-state index is -1.19. The number of carboxylic acids is 1. The lowest BCUT2D eigenvalue weighted by molar-refractivity contribution is -0.139. The summed E-state index contributed by atoms with van der Waals surface area (Å²) in [6.45, 7) is 3.62. The van der Waals surface area contributed by atoms with Gasteiger partial charge in [0.2, 0.25) is 12.3 Å². The first-order valence-electron chi connectivity index (χ1n) is 5.20. The van der Waals surface area contributed by atoms with Crippen molar-refractivity contribution in [2.24, 2.45) is 0 Å². The molecule has 0 fully saturated rings. The van der Waals surface area contributed by atoms with Crippen molar-refractivity contribution in [2.75, 3.05) is 18.1 Å². The fraction of sp³-hybridized carbons (Fsp3) is 0.400. The molecule has 0 aliphatic rings. The molecular weight excluding hydrogens is 274 g/mol. The highest BCUT2D eigenvalue weighted by Gasteiger charge is 2.17.